The predicted octanol–water partition coefficient (Wildman–Crippen LogP) is 4.18. The van der Waals surface area contributed by atoms with Crippen molar-refractivity contribution in [1.29, 1.82) is 0 Å². The Bertz CT molecular complexity index is 1390. The Morgan fingerprint density at radius 3 is 2.06 bits per heavy atom. The number of piperazine rings is 1. The Balaban J connectivity index is 1.05. The highest BCUT2D eigenvalue weighted by Gasteiger charge is 2.37. The van der Waals surface area contributed by atoms with E-state index in [4.69, 9.17) is 0 Å². The van der Waals surface area contributed by atoms with Gasteiger partial charge in [-0.2, -0.15) is 0 Å². The van der Waals surface area contributed by atoms with Gasteiger partial charge >= 0.3 is 0 Å². The molecule has 2 aliphatic rings. The van der Waals surface area contributed by atoms with Crippen molar-refractivity contribution in [2.75, 3.05) is 39.3 Å². The highest BCUT2D eigenvalue weighted by Crippen LogP contribution is 2.25. The van der Waals surface area contributed by atoms with Crippen LogP contribution in [0.4, 0.5) is 0 Å². The van der Waals surface area contributed by atoms with Crippen LogP contribution in [-0.4, -0.2) is 76.8 Å². The number of carbonyl (C=O) groups excluding carboxylic acids is 2. The number of likely N-dealkylation sites (tertiary alicyclic amines) is 1. The zero-order chi connectivity index (χ0) is 24.5. The Labute approximate surface area is 210 Å². The second kappa shape index (κ2) is 9.55. The number of nitrogens with zero attached hydrogens (tertiary/aromatic N) is 4. The first-order valence-electron chi connectivity index (χ1n) is 12.5. The molecule has 180 valence electrons. The minimum atomic E-state index is 0.0330. The van der Waals surface area contributed by atoms with Crippen LogP contribution in [0.25, 0.3) is 22.0 Å². The lowest BCUT2D eigenvalue weighted by Crippen LogP contribution is -2.64. The van der Waals surface area contributed by atoms with Crippen molar-refractivity contribution in [2.24, 2.45) is 0 Å². The third-order valence-corrected chi connectivity index (χ3v) is 7.33. The fourth-order valence-corrected chi connectivity index (χ4v) is 5.14. The smallest absolute Gasteiger partial charge is 0.255 e. The first kappa shape index (κ1) is 22.4. The second-order valence-electron chi connectivity index (χ2n) is 9.56. The van der Waals surface area contributed by atoms with Crippen LogP contribution in [-0.2, 0) is 0 Å². The van der Waals surface area contributed by atoms with Crippen molar-refractivity contribution >= 4 is 22.7 Å². The third-order valence-electron chi connectivity index (χ3n) is 7.33. The van der Waals surface area contributed by atoms with E-state index in [0.717, 1.165) is 66.9 Å². The fourth-order valence-electron chi connectivity index (χ4n) is 5.14. The molecule has 0 saturated carbocycles. The molecule has 3 heterocycles. The molecule has 0 aliphatic carbocycles. The van der Waals surface area contributed by atoms with Crippen molar-refractivity contribution in [1.82, 2.24) is 19.7 Å². The molecule has 0 atom stereocenters. The molecule has 2 saturated heterocycles. The summed E-state index contributed by atoms with van der Waals surface area (Å²) in [7, 11) is 0. The molecule has 6 rings (SSSR count). The van der Waals surface area contributed by atoms with E-state index in [1.807, 2.05) is 70.5 Å². The molecule has 0 bridgehead atoms. The normalized spacial score (nSPS) is 16.7. The van der Waals surface area contributed by atoms with E-state index in [2.05, 4.69) is 34.1 Å². The first-order chi connectivity index (χ1) is 17.7. The van der Waals surface area contributed by atoms with E-state index in [-0.39, 0.29) is 11.8 Å². The number of carbonyl (C=O) groups is 2. The van der Waals surface area contributed by atoms with Crippen molar-refractivity contribution < 1.29 is 9.59 Å². The molecule has 3 aromatic carbocycles. The van der Waals surface area contributed by atoms with E-state index < -0.39 is 0 Å². The maximum Gasteiger partial charge on any atom is 0.255 e. The minimum Gasteiger partial charge on any atom is -0.336 e. The molecule has 6 heteroatoms. The summed E-state index contributed by atoms with van der Waals surface area (Å²) in [5.74, 6) is 0.131. The lowest BCUT2D eigenvalue weighted by Gasteiger charge is -2.48. The summed E-state index contributed by atoms with van der Waals surface area (Å²) < 4.78 is 0. The molecule has 36 heavy (non-hydrogen) atoms. The summed E-state index contributed by atoms with van der Waals surface area (Å²) in [6.45, 7) is 4.56. The van der Waals surface area contributed by atoms with Crippen molar-refractivity contribution in [3.63, 3.8) is 0 Å². The van der Waals surface area contributed by atoms with E-state index in [9.17, 15) is 9.59 Å². The van der Waals surface area contributed by atoms with Crippen molar-refractivity contribution in [3.05, 3.63) is 102 Å². The van der Waals surface area contributed by atoms with Crippen LogP contribution in [0.2, 0.25) is 0 Å². The van der Waals surface area contributed by atoms with Crippen molar-refractivity contribution in [2.45, 2.75) is 6.04 Å². The molecule has 2 fully saturated rings. The maximum absolute atomic E-state index is 13.1. The number of hydrogen-bond donors (Lipinski definition) is 0. The SMILES string of the molecule is O=C(c1ccccc1)N1CCN(C2CN(C(=O)c3cnc4cc(-c5ccccc5)ccc4c3)C2)CC1. The molecule has 2 amide bonds. The average Bonchev–Trinajstić information content (AvgIpc) is 2.92. The number of aromatic nitrogens is 1. The molecule has 2 aliphatic heterocycles. The molecule has 6 nitrogen and oxygen atoms in total. The molecule has 0 N–H and O–H groups in total. The minimum absolute atomic E-state index is 0.0330. The average molecular weight is 477 g/mol. The maximum atomic E-state index is 13.1. The van der Waals surface area contributed by atoms with Gasteiger partial charge in [-0.05, 0) is 35.4 Å². The molecule has 1 aromatic heterocycles. The highest BCUT2D eigenvalue weighted by atomic mass is 16.2. The predicted molar refractivity (Wildman–Crippen MR) is 141 cm³/mol. The van der Waals surface area contributed by atoms with Gasteiger partial charge in [0.1, 0.15) is 0 Å². The topological polar surface area (TPSA) is 56.8 Å². The van der Waals surface area contributed by atoms with Gasteiger partial charge in [-0.25, -0.2) is 0 Å². The summed E-state index contributed by atoms with van der Waals surface area (Å²) in [4.78, 5) is 36.6. The van der Waals surface area contributed by atoms with Crippen molar-refractivity contribution in [3.8, 4) is 11.1 Å². The van der Waals surface area contributed by atoms with E-state index in [1.54, 1.807) is 6.20 Å². The van der Waals surface area contributed by atoms with Crippen LogP contribution >= 0.6 is 0 Å². The van der Waals surface area contributed by atoms with Crippen LogP contribution in [0, 0.1) is 0 Å². The van der Waals surface area contributed by atoms with Crippen LogP contribution in [0.3, 0.4) is 0 Å². The van der Waals surface area contributed by atoms with Crippen LogP contribution in [0.15, 0.2) is 91.1 Å². The number of benzene rings is 3. The third kappa shape index (κ3) is 4.36. The van der Waals surface area contributed by atoms with Gasteiger partial charge in [-0.3, -0.25) is 19.5 Å². The zero-order valence-corrected chi connectivity index (χ0v) is 20.1. The lowest BCUT2D eigenvalue weighted by atomic mass is 10.0. The molecule has 0 radical (unpaired) electrons. The fraction of sp³-hybridized carbons (Fsp3) is 0.233. The van der Waals surface area contributed by atoms with Gasteiger partial charge in [0, 0.05) is 62.5 Å². The van der Waals surface area contributed by atoms with Crippen LogP contribution < -0.4 is 0 Å². The standard InChI is InChI=1S/C30H28N4O2/c35-29(23-9-5-2-6-10-23)33-15-13-32(14-16-33)27-20-34(21-27)30(36)26-17-25-12-11-24(18-28(25)31-19-26)22-7-3-1-4-8-22/h1-12,17-19,27H,13-16,20-21H2. The number of fused-ring (bicyclic) bond motifs is 1. The summed E-state index contributed by atoms with van der Waals surface area (Å²) >= 11 is 0. The Hall–Kier alpha value is -4.03. The van der Waals surface area contributed by atoms with Gasteiger partial charge in [-0.15, -0.1) is 0 Å². The molecule has 0 spiro atoms. The second-order valence-corrected chi connectivity index (χ2v) is 9.56. The zero-order valence-electron chi connectivity index (χ0n) is 20.1. The number of rotatable bonds is 4. The van der Waals surface area contributed by atoms with Gasteiger partial charge in [-0.1, -0.05) is 60.7 Å². The summed E-state index contributed by atoms with van der Waals surface area (Å²) in [6, 6.07) is 28.2. The van der Waals surface area contributed by atoms with Crippen LogP contribution in [0.5, 0.6) is 0 Å². The van der Waals surface area contributed by atoms with Crippen LogP contribution in [0.1, 0.15) is 20.7 Å². The Kier molecular flexibility index (Phi) is 5.95. The molecule has 4 aromatic rings. The Morgan fingerprint density at radius 2 is 1.33 bits per heavy atom. The highest BCUT2D eigenvalue weighted by molar-refractivity contribution is 5.98. The Morgan fingerprint density at radius 1 is 0.667 bits per heavy atom. The number of pyridine rings is 1. The summed E-state index contributed by atoms with van der Waals surface area (Å²) in [6.07, 6.45) is 1.70. The van der Waals surface area contributed by atoms with Gasteiger partial charge < -0.3 is 9.80 Å². The first-order valence-corrected chi connectivity index (χ1v) is 12.5. The molecular formula is C30H28N4O2. The van der Waals surface area contributed by atoms with E-state index in [0.29, 0.717) is 11.6 Å². The lowest BCUT2D eigenvalue weighted by molar-refractivity contribution is 0.00853. The number of hydrogen-bond acceptors (Lipinski definition) is 4. The van der Waals surface area contributed by atoms with E-state index >= 15 is 0 Å². The quantitative estimate of drug-likeness (QED) is 0.443. The van der Waals surface area contributed by atoms with E-state index in [1.165, 1.54) is 0 Å². The summed E-state index contributed by atoms with van der Waals surface area (Å²) in [5, 5.41) is 0.969. The molecule has 0 unspecified atom stereocenters. The largest absolute Gasteiger partial charge is 0.336 e. The number of amides is 2. The van der Waals surface area contributed by atoms with Gasteiger partial charge in [0.25, 0.3) is 11.8 Å². The monoisotopic (exact) mass is 476 g/mol. The van der Waals surface area contributed by atoms with Gasteiger partial charge in [0.05, 0.1) is 11.1 Å². The summed E-state index contributed by atoms with van der Waals surface area (Å²) in [5.41, 5.74) is 4.53. The van der Waals surface area contributed by atoms with Gasteiger partial charge in [0.2, 0.25) is 0 Å². The van der Waals surface area contributed by atoms with Gasteiger partial charge in [0.15, 0.2) is 0 Å². The molecular weight excluding hydrogens is 448 g/mol.